The summed E-state index contributed by atoms with van der Waals surface area (Å²) in [7, 11) is 0. The molecule has 112 valence electrons. The van der Waals surface area contributed by atoms with Crippen LogP contribution in [0.5, 0.6) is 0 Å². The third-order valence-corrected chi connectivity index (χ3v) is 4.34. The summed E-state index contributed by atoms with van der Waals surface area (Å²) >= 11 is 0. The molecule has 3 rings (SSSR count). The van der Waals surface area contributed by atoms with Crippen molar-refractivity contribution in [3.63, 3.8) is 0 Å². The van der Waals surface area contributed by atoms with E-state index in [0.717, 1.165) is 6.54 Å². The Morgan fingerprint density at radius 3 is 2.76 bits per heavy atom. The molecule has 3 aliphatic rings. The predicted molar refractivity (Wildman–Crippen MR) is 75.9 cm³/mol. The molecule has 1 aliphatic carbocycles. The zero-order chi connectivity index (χ0) is 14.9. The van der Waals surface area contributed by atoms with E-state index in [-0.39, 0.29) is 18.4 Å². The molecule has 0 bridgehead atoms. The summed E-state index contributed by atoms with van der Waals surface area (Å²) in [6.07, 6.45) is 9.97. The second kappa shape index (κ2) is 5.47. The third kappa shape index (κ3) is 3.41. The first kappa shape index (κ1) is 14.1. The van der Waals surface area contributed by atoms with Gasteiger partial charge in [0.05, 0.1) is 6.67 Å². The number of carbonyl (C=O) groups is 2. The van der Waals surface area contributed by atoms with Gasteiger partial charge in [0.15, 0.2) is 5.66 Å². The highest BCUT2D eigenvalue weighted by molar-refractivity contribution is 5.87. The van der Waals surface area contributed by atoms with Crippen molar-refractivity contribution in [1.82, 2.24) is 9.80 Å². The van der Waals surface area contributed by atoms with Crippen molar-refractivity contribution in [2.75, 3.05) is 19.8 Å². The molecule has 0 aromatic heterocycles. The van der Waals surface area contributed by atoms with Crippen molar-refractivity contribution in [3.05, 3.63) is 0 Å². The molecule has 1 saturated heterocycles. The maximum absolute atomic E-state index is 12.2. The lowest BCUT2D eigenvalue weighted by atomic mass is 10.0. The Bertz CT molecular complexity index is 512. The molecule has 0 N–H and O–H groups in total. The van der Waals surface area contributed by atoms with Gasteiger partial charge in [-0.1, -0.05) is 0 Å². The molecule has 2 heterocycles. The van der Waals surface area contributed by atoms with Crippen molar-refractivity contribution in [2.24, 2.45) is 16.1 Å². The fourth-order valence-electron chi connectivity index (χ4n) is 2.67. The predicted octanol–water partition coefficient (Wildman–Crippen LogP) is 1.38. The van der Waals surface area contributed by atoms with Crippen LogP contribution in [0, 0.1) is 18.3 Å². The minimum Gasteiger partial charge on any atom is -0.323 e. The molecular weight excluding hydrogens is 268 g/mol. The molecule has 2 fully saturated rings. The molecule has 6 nitrogen and oxygen atoms in total. The fourth-order valence-corrected chi connectivity index (χ4v) is 2.67. The average molecular weight is 288 g/mol. The molecule has 0 unspecified atom stereocenters. The van der Waals surface area contributed by atoms with Crippen molar-refractivity contribution < 1.29 is 9.59 Å². The van der Waals surface area contributed by atoms with Crippen molar-refractivity contribution >= 4 is 11.8 Å². The molecule has 0 aromatic carbocycles. The Labute approximate surface area is 124 Å². The van der Waals surface area contributed by atoms with Gasteiger partial charge in [-0.2, -0.15) is 10.2 Å². The van der Waals surface area contributed by atoms with Crippen LogP contribution >= 0.6 is 0 Å². The number of hydrogen-bond acceptors (Lipinski definition) is 4. The lowest BCUT2D eigenvalue weighted by molar-refractivity contribution is -0.132. The largest absolute Gasteiger partial charge is 0.323 e. The van der Waals surface area contributed by atoms with Gasteiger partial charge in [0.25, 0.3) is 0 Å². The topological polar surface area (TPSA) is 65.3 Å². The van der Waals surface area contributed by atoms with E-state index in [2.05, 4.69) is 16.1 Å². The Hall–Kier alpha value is -1.90. The average Bonchev–Trinajstić information content (AvgIpc) is 3.37. The zero-order valence-corrected chi connectivity index (χ0v) is 12.1. The van der Waals surface area contributed by atoms with E-state index in [1.807, 2.05) is 0 Å². The summed E-state index contributed by atoms with van der Waals surface area (Å²) < 4.78 is 0. The van der Waals surface area contributed by atoms with E-state index >= 15 is 0 Å². The van der Waals surface area contributed by atoms with E-state index in [1.165, 1.54) is 12.8 Å². The Morgan fingerprint density at radius 1 is 1.38 bits per heavy atom. The highest BCUT2D eigenvalue weighted by Gasteiger charge is 2.41. The van der Waals surface area contributed by atoms with Gasteiger partial charge >= 0.3 is 0 Å². The van der Waals surface area contributed by atoms with Crippen molar-refractivity contribution in [1.29, 1.82) is 0 Å². The molecule has 6 heteroatoms. The van der Waals surface area contributed by atoms with Gasteiger partial charge in [-0.25, -0.2) is 0 Å². The van der Waals surface area contributed by atoms with Crippen LogP contribution in [0.1, 0.15) is 38.5 Å². The van der Waals surface area contributed by atoms with E-state index in [1.54, 1.807) is 9.80 Å². The normalized spacial score (nSPS) is 22.5. The van der Waals surface area contributed by atoms with Gasteiger partial charge < -0.3 is 9.80 Å². The number of hydrogen-bond donors (Lipinski definition) is 0. The van der Waals surface area contributed by atoms with Crippen LogP contribution in [-0.2, 0) is 9.59 Å². The van der Waals surface area contributed by atoms with E-state index in [9.17, 15) is 9.59 Å². The second-order valence-corrected chi connectivity index (χ2v) is 6.18. The van der Waals surface area contributed by atoms with Crippen LogP contribution in [0.4, 0.5) is 0 Å². The summed E-state index contributed by atoms with van der Waals surface area (Å²) in [5.41, 5.74) is -0.417. The van der Waals surface area contributed by atoms with Crippen molar-refractivity contribution in [3.8, 4) is 12.3 Å². The lowest BCUT2D eigenvalue weighted by Crippen LogP contribution is -2.32. The Balaban J connectivity index is 1.43. The maximum atomic E-state index is 12.2. The van der Waals surface area contributed by atoms with Crippen LogP contribution in [0.3, 0.4) is 0 Å². The van der Waals surface area contributed by atoms with Crippen LogP contribution in [0.2, 0.25) is 0 Å². The van der Waals surface area contributed by atoms with E-state index in [0.29, 0.717) is 38.3 Å². The summed E-state index contributed by atoms with van der Waals surface area (Å²) in [6.45, 7) is 1.47. The first-order valence-corrected chi connectivity index (χ1v) is 7.55. The number of amides is 2. The van der Waals surface area contributed by atoms with Gasteiger partial charge in [-0.05, 0) is 18.8 Å². The van der Waals surface area contributed by atoms with Gasteiger partial charge in [-0.3, -0.25) is 9.59 Å². The van der Waals surface area contributed by atoms with Gasteiger partial charge in [0, 0.05) is 32.2 Å². The molecule has 0 aromatic rings. The van der Waals surface area contributed by atoms with Gasteiger partial charge in [0.2, 0.25) is 11.8 Å². The van der Waals surface area contributed by atoms with E-state index < -0.39 is 5.66 Å². The quantitative estimate of drug-likeness (QED) is 0.664. The van der Waals surface area contributed by atoms with Crippen LogP contribution in [0.25, 0.3) is 0 Å². The number of terminal acetylenes is 1. The molecule has 21 heavy (non-hydrogen) atoms. The lowest BCUT2D eigenvalue weighted by Gasteiger charge is -2.18. The standard InChI is InChI=1S/C15H20N4O2/c1-2-3-7-15(16-17-15)8-6-13(20)19-10-14(21)18(11-19)9-12-4-5-12/h1,12H,3-11H2. The number of carbonyl (C=O) groups excluding carboxylic acids is 2. The molecule has 2 amide bonds. The molecule has 1 saturated carbocycles. The second-order valence-electron chi connectivity index (χ2n) is 6.18. The van der Waals surface area contributed by atoms with Crippen LogP contribution < -0.4 is 0 Å². The summed E-state index contributed by atoms with van der Waals surface area (Å²) in [6, 6.07) is 0. The van der Waals surface area contributed by atoms with E-state index in [4.69, 9.17) is 6.42 Å². The van der Waals surface area contributed by atoms with Crippen LogP contribution in [0.15, 0.2) is 10.2 Å². The molecule has 2 aliphatic heterocycles. The van der Waals surface area contributed by atoms with Crippen molar-refractivity contribution in [2.45, 2.75) is 44.2 Å². The van der Waals surface area contributed by atoms with Gasteiger partial charge in [-0.15, -0.1) is 12.3 Å². The summed E-state index contributed by atoms with van der Waals surface area (Å²) in [4.78, 5) is 27.5. The molecule has 0 spiro atoms. The zero-order valence-electron chi connectivity index (χ0n) is 12.1. The summed E-state index contributed by atoms with van der Waals surface area (Å²) in [5.74, 6) is 3.31. The van der Waals surface area contributed by atoms with Gasteiger partial charge in [0.1, 0.15) is 6.54 Å². The fraction of sp³-hybridized carbons (Fsp3) is 0.733. The van der Waals surface area contributed by atoms with Crippen LogP contribution in [-0.4, -0.2) is 47.0 Å². The minimum absolute atomic E-state index is 0.0130. The minimum atomic E-state index is -0.417. The first-order chi connectivity index (χ1) is 10.1. The Morgan fingerprint density at radius 2 is 2.14 bits per heavy atom. The Kier molecular flexibility index (Phi) is 3.66. The first-order valence-electron chi connectivity index (χ1n) is 7.55. The molecular formula is C15H20N4O2. The summed E-state index contributed by atoms with van der Waals surface area (Å²) in [5, 5.41) is 8.06. The highest BCUT2D eigenvalue weighted by Crippen LogP contribution is 2.38. The SMILES string of the molecule is C#CCCC1(CCC(=O)N2CC(=O)N(CC3CC3)C2)N=N1. The highest BCUT2D eigenvalue weighted by atomic mass is 16.2. The molecule has 0 radical (unpaired) electrons. The number of rotatable bonds is 7. The third-order valence-electron chi connectivity index (χ3n) is 4.34. The monoisotopic (exact) mass is 288 g/mol. The smallest absolute Gasteiger partial charge is 0.243 e. The number of nitrogens with zero attached hydrogens (tertiary/aromatic N) is 4. The molecule has 0 atom stereocenters. The maximum Gasteiger partial charge on any atom is 0.243 e.